The summed E-state index contributed by atoms with van der Waals surface area (Å²) in [5, 5.41) is 6.62. The van der Waals surface area contributed by atoms with Crippen molar-refractivity contribution in [1.82, 2.24) is 4.98 Å². The minimum Gasteiger partial charge on any atom is -0.332 e. The smallest absolute Gasteiger partial charge is 0.267 e. The highest BCUT2D eigenvalue weighted by Gasteiger charge is 2.16. The van der Waals surface area contributed by atoms with Gasteiger partial charge in [0.15, 0.2) is 5.13 Å². The van der Waals surface area contributed by atoms with E-state index in [1.807, 2.05) is 32.0 Å². The summed E-state index contributed by atoms with van der Waals surface area (Å²) in [6, 6.07) is 11.9. The predicted octanol–water partition coefficient (Wildman–Crippen LogP) is 5.20. The summed E-state index contributed by atoms with van der Waals surface area (Å²) in [5.74, 6) is -0.483. The maximum absolute atomic E-state index is 13.0. The number of hydrogen-bond donors (Lipinski definition) is 2. The molecule has 1 heterocycles. The molecule has 0 aliphatic carbocycles. The maximum Gasteiger partial charge on any atom is 0.267 e. The number of benzene rings is 2. The molecule has 4 nitrogen and oxygen atoms in total. The van der Waals surface area contributed by atoms with Gasteiger partial charge in [-0.15, -0.1) is 0 Å². The van der Waals surface area contributed by atoms with Gasteiger partial charge in [-0.25, -0.2) is 9.37 Å². The molecule has 0 bridgehead atoms. The van der Waals surface area contributed by atoms with E-state index in [2.05, 4.69) is 15.6 Å². The monoisotopic (exact) mass is 355 g/mol. The minimum atomic E-state index is -0.297. The van der Waals surface area contributed by atoms with Crippen LogP contribution in [0.4, 0.5) is 20.9 Å². The van der Waals surface area contributed by atoms with Gasteiger partial charge in [0.1, 0.15) is 10.7 Å². The van der Waals surface area contributed by atoms with E-state index in [4.69, 9.17) is 0 Å². The molecule has 0 unspecified atom stereocenters. The third-order valence-electron chi connectivity index (χ3n) is 3.73. The normalized spacial score (nSPS) is 10.6. The van der Waals surface area contributed by atoms with Crippen LogP contribution >= 0.6 is 11.3 Å². The summed E-state index contributed by atoms with van der Waals surface area (Å²) in [6.45, 7) is 5.77. The molecule has 0 saturated carbocycles. The number of aromatic nitrogens is 1. The molecule has 0 aliphatic heterocycles. The van der Waals surface area contributed by atoms with Gasteiger partial charge >= 0.3 is 0 Å². The quantitative estimate of drug-likeness (QED) is 0.676. The summed E-state index contributed by atoms with van der Waals surface area (Å²) < 4.78 is 13.0. The largest absolute Gasteiger partial charge is 0.332 e. The van der Waals surface area contributed by atoms with Gasteiger partial charge in [0.25, 0.3) is 5.91 Å². The SMILES string of the molecule is Cc1ccc(NC(=O)c2sc(Nc3ccc(F)cc3)nc2C)c(C)c1. The zero-order valence-corrected chi connectivity index (χ0v) is 15.0. The zero-order valence-electron chi connectivity index (χ0n) is 14.2. The molecular formula is C19H18FN3OS. The number of halogens is 1. The van der Waals surface area contributed by atoms with Crippen LogP contribution in [0.2, 0.25) is 0 Å². The molecule has 3 aromatic rings. The van der Waals surface area contributed by atoms with Crippen molar-refractivity contribution >= 4 is 33.8 Å². The lowest BCUT2D eigenvalue weighted by atomic mass is 10.1. The average molecular weight is 355 g/mol. The van der Waals surface area contributed by atoms with Crippen LogP contribution in [0.15, 0.2) is 42.5 Å². The van der Waals surface area contributed by atoms with Gasteiger partial charge in [-0.1, -0.05) is 29.0 Å². The molecule has 0 saturated heterocycles. The fourth-order valence-corrected chi connectivity index (χ4v) is 3.33. The Morgan fingerprint density at radius 2 is 1.80 bits per heavy atom. The van der Waals surface area contributed by atoms with Crippen LogP contribution in [-0.4, -0.2) is 10.9 Å². The van der Waals surface area contributed by atoms with E-state index in [1.165, 1.54) is 23.5 Å². The second kappa shape index (κ2) is 7.03. The molecule has 3 rings (SSSR count). The Hall–Kier alpha value is -2.73. The number of thiazole rings is 1. The highest BCUT2D eigenvalue weighted by molar-refractivity contribution is 7.17. The van der Waals surface area contributed by atoms with Crippen molar-refractivity contribution in [2.75, 3.05) is 10.6 Å². The molecule has 25 heavy (non-hydrogen) atoms. The van der Waals surface area contributed by atoms with E-state index in [1.54, 1.807) is 19.1 Å². The Kier molecular flexibility index (Phi) is 4.81. The number of carbonyl (C=O) groups is 1. The van der Waals surface area contributed by atoms with Gasteiger partial charge in [-0.3, -0.25) is 4.79 Å². The van der Waals surface area contributed by atoms with E-state index >= 15 is 0 Å². The van der Waals surface area contributed by atoms with Crippen LogP contribution < -0.4 is 10.6 Å². The van der Waals surface area contributed by atoms with Crippen LogP contribution in [0, 0.1) is 26.6 Å². The Labute approximate surface area is 149 Å². The molecule has 1 aromatic heterocycles. The van der Waals surface area contributed by atoms with Crippen molar-refractivity contribution in [2.24, 2.45) is 0 Å². The molecule has 0 atom stereocenters. The van der Waals surface area contributed by atoms with Crippen LogP contribution in [-0.2, 0) is 0 Å². The number of carbonyl (C=O) groups excluding carboxylic acids is 1. The highest BCUT2D eigenvalue weighted by atomic mass is 32.1. The topological polar surface area (TPSA) is 54.0 Å². The number of rotatable bonds is 4. The van der Waals surface area contributed by atoms with E-state index in [0.717, 1.165) is 22.5 Å². The van der Waals surface area contributed by atoms with Crippen LogP contribution in [0.1, 0.15) is 26.5 Å². The molecule has 128 valence electrons. The maximum atomic E-state index is 13.0. The summed E-state index contributed by atoms with van der Waals surface area (Å²) in [6.07, 6.45) is 0. The summed E-state index contributed by atoms with van der Waals surface area (Å²) >= 11 is 1.27. The standard InChI is InChI=1S/C19H18FN3OS/c1-11-4-9-16(12(2)10-11)23-18(24)17-13(3)21-19(25-17)22-15-7-5-14(20)6-8-15/h4-10H,1-3H3,(H,21,22)(H,23,24). The molecular weight excluding hydrogens is 337 g/mol. The van der Waals surface area contributed by atoms with Gasteiger partial charge in [0, 0.05) is 11.4 Å². The van der Waals surface area contributed by atoms with Crippen molar-refractivity contribution in [1.29, 1.82) is 0 Å². The van der Waals surface area contributed by atoms with Crippen molar-refractivity contribution in [2.45, 2.75) is 20.8 Å². The lowest BCUT2D eigenvalue weighted by Gasteiger charge is -2.08. The molecule has 2 N–H and O–H groups in total. The second-order valence-electron chi connectivity index (χ2n) is 5.84. The summed E-state index contributed by atoms with van der Waals surface area (Å²) in [7, 11) is 0. The van der Waals surface area contributed by atoms with Crippen molar-refractivity contribution in [3.8, 4) is 0 Å². The average Bonchev–Trinajstić information content (AvgIpc) is 2.93. The van der Waals surface area contributed by atoms with E-state index in [9.17, 15) is 9.18 Å². The number of aryl methyl sites for hydroxylation is 3. The first kappa shape index (κ1) is 17.1. The van der Waals surface area contributed by atoms with E-state index in [0.29, 0.717) is 15.7 Å². The Balaban J connectivity index is 1.77. The molecule has 0 aliphatic rings. The summed E-state index contributed by atoms with van der Waals surface area (Å²) in [4.78, 5) is 17.5. The lowest BCUT2D eigenvalue weighted by molar-refractivity contribution is 0.102. The third-order valence-corrected chi connectivity index (χ3v) is 4.80. The van der Waals surface area contributed by atoms with Crippen molar-refractivity contribution in [3.05, 3.63) is 70.0 Å². The third kappa shape index (κ3) is 4.03. The number of anilines is 3. The van der Waals surface area contributed by atoms with E-state index < -0.39 is 0 Å². The van der Waals surface area contributed by atoms with Gasteiger partial charge in [0.2, 0.25) is 0 Å². The van der Waals surface area contributed by atoms with Gasteiger partial charge in [0.05, 0.1) is 5.69 Å². The zero-order chi connectivity index (χ0) is 18.0. The molecule has 0 spiro atoms. The predicted molar refractivity (Wildman–Crippen MR) is 100 cm³/mol. The fraction of sp³-hybridized carbons (Fsp3) is 0.158. The van der Waals surface area contributed by atoms with Gasteiger partial charge in [-0.05, 0) is 56.7 Å². The lowest BCUT2D eigenvalue weighted by Crippen LogP contribution is -2.12. The first-order valence-electron chi connectivity index (χ1n) is 7.81. The first-order chi connectivity index (χ1) is 11.9. The van der Waals surface area contributed by atoms with Gasteiger partial charge in [-0.2, -0.15) is 0 Å². The molecule has 2 aromatic carbocycles. The Bertz CT molecular complexity index is 919. The Morgan fingerprint density at radius 3 is 2.48 bits per heavy atom. The molecule has 6 heteroatoms. The number of hydrogen-bond acceptors (Lipinski definition) is 4. The van der Waals surface area contributed by atoms with Crippen molar-refractivity contribution < 1.29 is 9.18 Å². The molecule has 0 radical (unpaired) electrons. The van der Waals surface area contributed by atoms with Crippen LogP contribution in [0.25, 0.3) is 0 Å². The minimum absolute atomic E-state index is 0.186. The van der Waals surface area contributed by atoms with Crippen LogP contribution in [0.5, 0.6) is 0 Å². The second-order valence-corrected chi connectivity index (χ2v) is 6.84. The first-order valence-corrected chi connectivity index (χ1v) is 8.62. The number of amides is 1. The fourth-order valence-electron chi connectivity index (χ4n) is 2.45. The van der Waals surface area contributed by atoms with Crippen LogP contribution in [0.3, 0.4) is 0 Å². The highest BCUT2D eigenvalue weighted by Crippen LogP contribution is 2.27. The summed E-state index contributed by atoms with van der Waals surface area (Å²) in [5.41, 5.74) is 4.32. The Morgan fingerprint density at radius 1 is 1.08 bits per heavy atom. The van der Waals surface area contributed by atoms with Crippen molar-refractivity contribution in [3.63, 3.8) is 0 Å². The van der Waals surface area contributed by atoms with E-state index in [-0.39, 0.29) is 11.7 Å². The number of nitrogens with zero attached hydrogens (tertiary/aromatic N) is 1. The van der Waals surface area contributed by atoms with Gasteiger partial charge < -0.3 is 10.6 Å². The molecule has 1 amide bonds. The molecule has 0 fully saturated rings. The number of nitrogens with one attached hydrogen (secondary N) is 2.